The average Bonchev–Trinajstić information content (AvgIpc) is 2.68. The molecule has 0 aliphatic carbocycles. The van der Waals surface area contributed by atoms with E-state index in [4.69, 9.17) is 0 Å². The highest BCUT2D eigenvalue weighted by molar-refractivity contribution is 5.79. The predicted octanol–water partition coefficient (Wildman–Crippen LogP) is 1.47. The van der Waals surface area contributed by atoms with E-state index in [0.717, 1.165) is 0 Å². The molecule has 0 bridgehead atoms. The van der Waals surface area contributed by atoms with Gasteiger partial charge in [0.1, 0.15) is 0 Å². The summed E-state index contributed by atoms with van der Waals surface area (Å²) < 4.78 is 0. The van der Waals surface area contributed by atoms with Crippen LogP contribution in [0.3, 0.4) is 0 Å². The largest absolute Gasteiger partial charge is 0.361 e. The number of rotatable bonds is 1. The molecule has 2 N–H and O–H groups in total. The van der Waals surface area contributed by atoms with Gasteiger partial charge in [-0.15, -0.1) is 0 Å². The first-order chi connectivity index (χ1) is 7.09. The van der Waals surface area contributed by atoms with Gasteiger partial charge in [-0.05, 0) is 38.8 Å². The third-order valence-electron chi connectivity index (χ3n) is 3.17. The molecule has 0 spiro atoms. The van der Waals surface area contributed by atoms with Crippen LogP contribution in [-0.2, 0) is 0 Å². The third-order valence-corrected chi connectivity index (χ3v) is 3.17. The molecule has 1 aliphatic rings. The molecule has 0 unspecified atom stereocenters. The number of aryl methyl sites for hydroxylation is 1. The summed E-state index contributed by atoms with van der Waals surface area (Å²) in [5, 5.41) is 0. The minimum absolute atomic E-state index is 1.19. The van der Waals surface area contributed by atoms with Crippen LogP contribution in [0.5, 0.6) is 0 Å². The molecule has 2 heteroatoms. The second kappa shape index (κ2) is 3.54. The number of aromatic amines is 1. The topological polar surface area (TPSA) is 29.8 Å². The van der Waals surface area contributed by atoms with Gasteiger partial charge in [-0.1, -0.05) is 0 Å². The molecule has 0 aromatic carbocycles. The first-order valence-corrected chi connectivity index (χ1v) is 5.23. The molecule has 15 heavy (non-hydrogen) atoms. The van der Waals surface area contributed by atoms with Gasteiger partial charge in [-0.3, -0.25) is 0 Å². The molecule has 0 fully saturated rings. The summed E-state index contributed by atoms with van der Waals surface area (Å²) in [5.41, 5.74) is 7.64. The summed E-state index contributed by atoms with van der Waals surface area (Å²) in [6.07, 6.45) is 6.27. The lowest BCUT2D eigenvalue weighted by Crippen LogP contribution is -2.64. The van der Waals surface area contributed by atoms with Gasteiger partial charge in [0.2, 0.25) is 5.70 Å². The van der Waals surface area contributed by atoms with Crippen molar-refractivity contribution in [3.05, 3.63) is 39.9 Å². The molecule has 78 valence electrons. The van der Waals surface area contributed by atoms with Gasteiger partial charge < -0.3 is 4.98 Å². The van der Waals surface area contributed by atoms with E-state index in [1.165, 1.54) is 33.7 Å². The monoisotopic (exact) mass is 201 g/mol. The van der Waals surface area contributed by atoms with Gasteiger partial charge in [0.15, 0.2) is 6.21 Å². The number of H-pyrrole nitrogens is 1. The zero-order valence-electron chi connectivity index (χ0n) is 9.73. The Morgan fingerprint density at radius 1 is 1.20 bits per heavy atom. The predicted molar refractivity (Wildman–Crippen MR) is 63.6 cm³/mol. The first-order valence-electron chi connectivity index (χ1n) is 5.23. The maximum atomic E-state index is 3.28. The van der Waals surface area contributed by atoms with Crippen LogP contribution >= 0.6 is 0 Å². The Labute approximate surface area is 90.4 Å². The zero-order valence-corrected chi connectivity index (χ0v) is 9.73. The fourth-order valence-corrected chi connectivity index (χ4v) is 1.67. The minimum Gasteiger partial charge on any atom is -0.361 e. The van der Waals surface area contributed by atoms with Crippen LogP contribution in [0, 0.1) is 13.8 Å². The van der Waals surface area contributed by atoms with E-state index >= 15 is 0 Å². The van der Waals surface area contributed by atoms with E-state index in [0.29, 0.717) is 0 Å². The van der Waals surface area contributed by atoms with Crippen molar-refractivity contribution in [3.8, 4) is 0 Å². The van der Waals surface area contributed by atoms with Crippen molar-refractivity contribution < 1.29 is 4.99 Å². The Hall–Kier alpha value is -1.57. The third kappa shape index (κ3) is 1.67. The molecule has 2 heterocycles. The molecule has 2 nitrogen and oxygen atoms in total. The van der Waals surface area contributed by atoms with Crippen LogP contribution in [0.25, 0.3) is 6.08 Å². The summed E-state index contributed by atoms with van der Waals surface area (Å²) in [6, 6.07) is 0. The normalized spacial score (nSPS) is 18.3. The van der Waals surface area contributed by atoms with Crippen molar-refractivity contribution in [2.45, 2.75) is 27.7 Å². The Morgan fingerprint density at radius 3 is 2.40 bits per heavy atom. The molecule has 1 aromatic rings. The number of nitrogens with one attached hydrogen (secondary N) is 2. The van der Waals surface area contributed by atoms with Gasteiger partial charge in [0.25, 0.3) is 0 Å². The number of allylic oxidation sites excluding steroid dienone is 2. The van der Waals surface area contributed by atoms with Crippen molar-refractivity contribution in [2.75, 3.05) is 0 Å². The van der Waals surface area contributed by atoms with Crippen LogP contribution < -0.4 is 4.99 Å². The number of aromatic nitrogens is 1. The van der Waals surface area contributed by atoms with E-state index < -0.39 is 0 Å². The molecular weight excluding hydrogens is 184 g/mol. The van der Waals surface area contributed by atoms with Crippen molar-refractivity contribution in [1.82, 2.24) is 4.98 Å². The highest BCUT2D eigenvalue weighted by Crippen LogP contribution is 2.17. The summed E-state index contributed by atoms with van der Waals surface area (Å²) in [5.74, 6) is 0. The molecular formula is C13H17N2+. The smallest absolute Gasteiger partial charge is 0.209 e. The maximum absolute atomic E-state index is 3.28. The second-order valence-corrected chi connectivity index (χ2v) is 4.17. The van der Waals surface area contributed by atoms with E-state index in [1.54, 1.807) is 0 Å². The molecule has 0 saturated heterocycles. The second-order valence-electron chi connectivity index (χ2n) is 4.17. The van der Waals surface area contributed by atoms with Crippen LogP contribution in [-0.4, -0.2) is 11.2 Å². The molecule has 0 radical (unpaired) electrons. The van der Waals surface area contributed by atoms with Crippen LogP contribution in [0.15, 0.2) is 23.0 Å². The Kier molecular flexibility index (Phi) is 2.35. The molecule has 0 amide bonds. The van der Waals surface area contributed by atoms with E-state index in [9.17, 15) is 0 Å². The fraction of sp³-hybridized carbons (Fsp3) is 0.308. The SMILES string of the molecule is CC1=C(C)/C(=C/c2[nH]cc(C)c2C)[NH+]=C1. The van der Waals surface area contributed by atoms with Gasteiger partial charge in [-0.25, -0.2) is 4.99 Å². The average molecular weight is 201 g/mol. The van der Waals surface area contributed by atoms with E-state index in [-0.39, 0.29) is 0 Å². The standard InChI is InChI=1S/C13H16N2/c1-8-6-14-12(10(8)3)5-13-11(4)9(2)7-15-13/h5-7,14H,1-4H3/p+1/b13-5-. The van der Waals surface area contributed by atoms with Crippen molar-refractivity contribution >= 4 is 12.3 Å². The van der Waals surface area contributed by atoms with Crippen LogP contribution in [0.2, 0.25) is 0 Å². The minimum atomic E-state index is 1.19. The Balaban J connectivity index is 2.41. The Morgan fingerprint density at radius 2 is 1.93 bits per heavy atom. The molecule has 0 atom stereocenters. The Bertz CT molecular complexity index is 485. The van der Waals surface area contributed by atoms with Gasteiger partial charge in [0, 0.05) is 29.1 Å². The number of hydrogen-bond donors (Lipinski definition) is 2. The fourth-order valence-electron chi connectivity index (χ4n) is 1.67. The molecule has 1 aromatic heterocycles. The van der Waals surface area contributed by atoms with Gasteiger partial charge in [0.05, 0.1) is 0 Å². The first kappa shape index (κ1) is 9.97. The van der Waals surface area contributed by atoms with Crippen LogP contribution in [0.1, 0.15) is 30.7 Å². The van der Waals surface area contributed by atoms with Crippen molar-refractivity contribution in [2.24, 2.45) is 0 Å². The lowest BCUT2D eigenvalue weighted by molar-refractivity contribution is -0.380. The summed E-state index contributed by atoms with van der Waals surface area (Å²) in [7, 11) is 0. The maximum Gasteiger partial charge on any atom is 0.209 e. The highest BCUT2D eigenvalue weighted by Gasteiger charge is 2.15. The van der Waals surface area contributed by atoms with Gasteiger partial charge in [-0.2, -0.15) is 0 Å². The molecule has 1 aliphatic heterocycles. The van der Waals surface area contributed by atoms with E-state index in [1.807, 2.05) is 12.4 Å². The highest BCUT2D eigenvalue weighted by atomic mass is 14.8. The summed E-state index contributed by atoms with van der Waals surface area (Å²) in [6.45, 7) is 8.53. The van der Waals surface area contributed by atoms with Crippen molar-refractivity contribution in [1.29, 1.82) is 0 Å². The quantitative estimate of drug-likeness (QED) is 0.689. The van der Waals surface area contributed by atoms with Crippen molar-refractivity contribution in [3.63, 3.8) is 0 Å². The molecule has 2 rings (SSSR count). The van der Waals surface area contributed by atoms with Crippen LogP contribution in [0.4, 0.5) is 0 Å². The zero-order chi connectivity index (χ0) is 11.0. The lowest BCUT2D eigenvalue weighted by atomic mass is 10.1. The molecule has 0 saturated carbocycles. The van der Waals surface area contributed by atoms with E-state index in [2.05, 4.69) is 43.7 Å². The number of hydrogen-bond acceptors (Lipinski definition) is 0. The lowest BCUT2D eigenvalue weighted by Gasteiger charge is -1.94. The summed E-state index contributed by atoms with van der Waals surface area (Å²) in [4.78, 5) is 6.57. The summed E-state index contributed by atoms with van der Waals surface area (Å²) >= 11 is 0. The van der Waals surface area contributed by atoms with Gasteiger partial charge >= 0.3 is 0 Å².